The Hall–Kier alpha value is -0.780. The predicted octanol–water partition coefficient (Wildman–Crippen LogP) is 18.4. The summed E-state index contributed by atoms with van der Waals surface area (Å²) in [6.45, 7) is 39.9. The molecule has 0 spiro atoms. The monoisotopic (exact) mass is 1430 g/mol. The van der Waals surface area contributed by atoms with E-state index in [9.17, 15) is 0 Å². The van der Waals surface area contributed by atoms with Gasteiger partial charge in [-0.25, -0.2) is 0 Å². The van der Waals surface area contributed by atoms with E-state index in [-0.39, 0.29) is 48.6 Å². The van der Waals surface area contributed by atoms with Gasteiger partial charge in [-0.3, -0.25) is 0 Å². The number of ether oxygens (including phenoxy) is 8. The van der Waals surface area contributed by atoms with E-state index in [1.165, 1.54) is 216 Å². The van der Waals surface area contributed by atoms with Gasteiger partial charge in [-0.1, -0.05) is 140 Å². The van der Waals surface area contributed by atoms with Gasteiger partial charge in [0.25, 0.3) is 0 Å². The zero-order valence-corrected chi connectivity index (χ0v) is 64.9. The molecular weight excluding hydrogens is 1290 g/mol. The van der Waals surface area contributed by atoms with Crippen molar-refractivity contribution >= 4 is 15.9 Å². The molecule has 3 unspecified atom stereocenters. The summed E-state index contributed by atoms with van der Waals surface area (Å²) in [5.74, 6) is 5.68. The lowest BCUT2D eigenvalue weighted by molar-refractivity contribution is -0.316. The second-order valence-corrected chi connectivity index (χ2v) is 37.7. The maximum Gasteiger partial charge on any atom is 0.160 e. The second-order valence-electron chi connectivity index (χ2n) is 36.9. The van der Waals surface area contributed by atoms with Gasteiger partial charge in [-0.2, -0.15) is 0 Å². The Kier molecular flexibility index (Phi) is 27.2. The van der Waals surface area contributed by atoms with Gasteiger partial charge in [0.15, 0.2) is 18.9 Å². The smallest absolute Gasteiger partial charge is 0.160 e. The zero-order valence-electron chi connectivity index (χ0n) is 63.3. The first-order valence-corrected chi connectivity index (χ1v) is 42.1. The first-order chi connectivity index (χ1) is 46.6. The fourth-order valence-corrected chi connectivity index (χ4v) is 25.2. The van der Waals surface area contributed by atoms with Crippen LogP contribution in [0.3, 0.4) is 0 Å². The highest BCUT2D eigenvalue weighted by molar-refractivity contribution is 9.09. The average molecular weight is 1430 g/mol. The summed E-state index contributed by atoms with van der Waals surface area (Å²) in [6, 6.07) is 0. The highest BCUT2D eigenvalue weighted by Gasteiger charge is 2.64. The van der Waals surface area contributed by atoms with Crippen LogP contribution in [0.25, 0.3) is 0 Å². The summed E-state index contributed by atoms with van der Waals surface area (Å²) in [7, 11) is 6.52. The van der Waals surface area contributed by atoms with E-state index in [2.05, 4.69) is 113 Å². The number of fused-ring (bicyclic) bond motifs is 9. The molecule has 15 fully saturated rings. The van der Waals surface area contributed by atoms with Crippen LogP contribution in [0.2, 0.25) is 0 Å². The minimum absolute atomic E-state index is 0. The number of hydrogen-bond acceptors (Lipinski definition) is 12. The molecule has 6 saturated heterocycles. The number of allylic oxidation sites excluding steroid dienone is 3. The Morgan fingerprint density at radius 2 is 0.694 bits per heavy atom. The van der Waals surface area contributed by atoms with Gasteiger partial charge in [0.05, 0.1) is 56.4 Å². The number of hydrogen-bond donors (Lipinski definition) is 1. The molecular formula is C85H146BrN3O9. The zero-order chi connectivity index (χ0) is 68.3. The van der Waals surface area contributed by atoms with Gasteiger partial charge in [-0.15, -0.1) is 0 Å². The van der Waals surface area contributed by atoms with Crippen molar-refractivity contribution in [1.29, 1.82) is 0 Å². The van der Waals surface area contributed by atoms with Crippen molar-refractivity contribution in [3.05, 3.63) is 36.5 Å². The standard InChI is InChI=1S/2C28H47NO3.C22H35BrO2.C6H13NO.CH4/c2*1-20-9-10-24-27(2,23(20)14-18-30-22-12-16-29(4)17-13-22)15-11-25-28(24,3)19-31-26(32-25)21-7-5-6-8-21;1-15-8-9-18-21(2,17(15)11-13-23)12-10-19-22(18,3)14-24-20(25-19)16-6-4-5-7-16;1-7-4-2-6(8)3-5-7;/h2*21-26H,1,5-19H2,2-4H3;16-20H,1,4-14H2,2-3H3;6,8H,2-5H2,1H3;1H4/t2*23-,24?,25-,26-,27+,28+;17-,18?,19-,20-,21+,22+;;/m111../s1. The van der Waals surface area contributed by atoms with Crippen LogP contribution in [-0.4, -0.2) is 174 Å². The normalized spacial score (nSPS) is 43.4. The quantitative estimate of drug-likeness (QED) is 0.140. The van der Waals surface area contributed by atoms with Crippen molar-refractivity contribution in [2.45, 2.75) is 316 Å². The van der Waals surface area contributed by atoms with E-state index in [1.54, 1.807) is 0 Å². The molecule has 6 aliphatic heterocycles. The first kappa shape index (κ1) is 78.3. The van der Waals surface area contributed by atoms with Gasteiger partial charge in [0.1, 0.15) is 0 Å². The van der Waals surface area contributed by atoms with Crippen LogP contribution >= 0.6 is 15.9 Å². The third-order valence-electron chi connectivity index (χ3n) is 30.8. The summed E-state index contributed by atoms with van der Waals surface area (Å²) in [5.41, 5.74) is 5.83. The molecule has 0 bridgehead atoms. The van der Waals surface area contributed by atoms with E-state index in [0.29, 0.717) is 100 Å². The van der Waals surface area contributed by atoms with Crippen LogP contribution in [-0.2, 0) is 37.9 Å². The Labute approximate surface area is 607 Å². The predicted molar refractivity (Wildman–Crippen MR) is 402 cm³/mol. The molecule has 562 valence electrons. The van der Waals surface area contributed by atoms with Crippen LogP contribution in [0.4, 0.5) is 0 Å². The molecule has 0 amide bonds. The van der Waals surface area contributed by atoms with Crippen molar-refractivity contribution in [3.63, 3.8) is 0 Å². The lowest BCUT2D eigenvalue weighted by Crippen LogP contribution is -2.62. The Morgan fingerprint density at radius 3 is 0.980 bits per heavy atom. The van der Waals surface area contributed by atoms with Crippen molar-refractivity contribution in [2.24, 2.45) is 85.8 Å². The number of piperidine rings is 3. The van der Waals surface area contributed by atoms with E-state index in [4.69, 9.17) is 43.0 Å². The number of rotatable bonds is 13. The molecule has 0 radical (unpaired) electrons. The fourth-order valence-electron chi connectivity index (χ4n) is 24.7. The van der Waals surface area contributed by atoms with E-state index >= 15 is 0 Å². The molecule has 13 heteroatoms. The lowest BCUT2D eigenvalue weighted by Gasteiger charge is -2.63. The lowest BCUT2D eigenvalue weighted by atomic mass is 9.46. The minimum Gasteiger partial charge on any atom is -0.393 e. The topological polar surface area (TPSA) is 104 Å². The molecule has 0 aromatic heterocycles. The maximum absolute atomic E-state index is 9.00. The molecule has 1 N–H and O–H groups in total. The molecule has 6 heterocycles. The van der Waals surface area contributed by atoms with Crippen molar-refractivity contribution in [3.8, 4) is 0 Å². The number of aliphatic hydroxyl groups is 1. The van der Waals surface area contributed by atoms with Gasteiger partial charge in [-0.05, 0) is 246 Å². The summed E-state index contributed by atoms with van der Waals surface area (Å²) in [6.07, 6.45) is 42.7. The van der Waals surface area contributed by atoms with Crippen molar-refractivity contribution < 1.29 is 43.0 Å². The molecule has 98 heavy (non-hydrogen) atoms. The highest BCUT2D eigenvalue weighted by atomic mass is 79.9. The van der Waals surface area contributed by atoms with E-state index in [0.717, 1.165) is 90.0 Å². The third kappa shape index (κ3) is 16.8. The number of likely N-dealkylation sites (tertiary alicyclic amines) is 3. The second kappa shape index (κ2) is 34.0. The largest absolute Gasteiger partial charge is 0.393 e. The van der Waals surface area contributed by atoms with Gasteiger partial charge < -0.3 is 57.7 Å². The fraction of sp³-hybridized carbons (Fsp3) is 0.929. The van der Waals surface area contributed by atoms with Crippen molar-refractivity contribution in [1.82, 2.24) is 14.7 Å². The molecule has 0 aromatic rings. The van der Waals surface area contributed by atoms with Crippen LogP contribution in [0.5, 0.6) is 0 Å². The summed E-state index contributed by atoms with van der Waals surface area (Å²) in [5, 5.41) is 10.1. The molecule has 0 aromatic carbocycles. The van der Waals surface area contributed by atoms with Crippen LogP contribution in [0.15, 0.2) is 36.5 Å². The molecule has 9 saturated carbocycles. The highest BCUT2D eigenvalue weighted by Crippen LogP contribution is 2.67. The number of alkyl halides is 1. The maximum atomic E-state index is 9.00. The van der Waals surface area contributed by atoms with Crippen LogP contribution in [0, 0.1) is 85.8 Å². The average Bonchev–Trinajstić information content (AvgIpc) is 0.845. The van der Waals surface area contributed by atoms with E-state index in [1.807, 2.05) is 0 Å². The molecule has 15 aliphatic rings. The van der Waals surface area contributed by atoms with Gasteiger partial charge in [0, 0.05) is 91.8 Å². The Bertz CT molecular complexity index is 2410. The molecule has 12 nitrogen and oxygen atoms in total. The summed E-state index contributed by atoms with van der Waals surface area (Å²) < 4.78 is 52.3. The summed E-state index contributed by atoms with van der Waals surface area (Å²) in [4.78, 5) is 7.07. The van der Waals surface area contributed by atoms with E-state index < -0.39 is 0 Å². The van der Waals surface area contributed by atoms with Gasteiger partial charge >= 0.3 is 0 Å². The van der Waals surface area contributed by atoms with Crippen molar-refractivity contribution in [2.75, 3.05) is 98.8 Å². The molecule has 9 aliphatic carbocycles. The number of halogens is 1. The van der Waals surface area contributed by atoms with Gasteiger partial charge in [0.2, 0.25) is 0 Å². The molecule has 18 atom stereocenters. The third-order valence-corrected chi connectivity index (χ3v) is 31.3. The van der Waals surface area contributed by atoms with Crippen LogP contribution in [0.1, 0.15) is 261 Å². The Morgan fingerprint density at radius 1 is 0.408 bits per heavy atom. The SMILES string of the molecule is C.C=C1CCC2[C@]3(C)CO[C@@H](C4CCCC4)O[C@@H]3CC[C@@]2(C)[C@@H]1CCBr.C=C1CCC2[C@]3(C)CO[C@@H](C4CCCC4)O[C@@H]3CC[C@@]2(C)[C@@H]1CCOC1CCN(C)CC1.C=C1CCC2[C@]3(C)CO[C@@H](C4CCCC4)O[C@@H]3CC[C@@]2(C)[C@@H]1CCOC1CCN(C)CC1.CN1CCC(O)CC1. The molecule has 15 rings (SSSR count). The number of nitrogens with zero attached hydrogens (tertiary/aromatic N) is 3. The number of aliphatic hydroxyl groups excluding tert-OH is 1. The minimum atomic E-state index is -0.0220. The first-order valence-electron chi connectivity index (χ1n) is 40.9. The summed E-state index contributed by atoms with van der Waals surface area (Å²) >= 11 is 3.69. The van der Waals surface area contributed by atoms with Crippen LogP contribution < -0.4 is 0 Å². The Balaban J connectivity index is 0.000000141.